The Morgan fingerprint density at radius 2 is 1.72 bits per heavy atom. The fraction of sp³-hybridized carbons (Fsp3) is 0.120. The van der Waals surface area contributed by atoms with Crippen molar-refractivity contribution in [3.63, 3.8) is 0 Å². The molecule has 0 saturated heterocycles. The molecule has 0 bridgehead atoms. The Kier molecular flexibility index (Phi) is 5.00. The van der Waals surface area contributed by atoms with Crippen molar-refractivity contribution in [3.8, 4) is 17.0 Å². The number of carbonyl (C=O) groups is 1. The highest BCUT2D eigenvalue weighted by Gasteiger charge is 2.16. The van der Waals surface area contributed by atoms with E-state index < -0.39 is 0 Å². The van der Waals surface area contributed by atoms with E-state index in [0.717, 1.165) is 44.7 Å². The number of hydrogen-bond acceptors (Lipinski definition) is 3. The number of rotatable bonds is 4. The van der Waals surface area contributed by atoms with E-state index in [-0.39, 0.29) is 5.91 Å². The Labute approximate surface area is 170 Å². The van der Waals surface area contributed by atoms with E-state index in [2.05, 4.69) is 11.4 Å². The third-order valence-corrected chi connectivity index (χ3v) is 4.89. The van der Waals surface area contributed by atoms with Crippen molar-refractivity contribution in [2.24, 2.45) is 0 Å². The van der Waals surface area contributed by atoms with E-state index in [9.17, 15) is 4.79 Å². The largest absolute Gasteiger partial charge is 0.497 e. The molecular formula is C25H22N2O2. The third-order valence-electron chi connectivity index (χ3n) is 4.89. The van der Waals surface area contributed by atoms with Gasteiger partial charge in [-0.15, -0.1) is 0 Å². The van der Waals surface area contributed by atoms with E-state index in [0.29, 0.717) is 5.56 Å². The smallest absolute Gasteiger partial charge is 0.256 e. The van der Waals surface area contributed by atoms with Crippen LogP contribution in [0.5, 0.6) is 5.75 Å². The molecule has 0 fully saturated rings. The molecule has 144 valence electrons. The number of anilines is 1. The van der Waals surface area contributed by atoms with Crippen molar-refractivity contribution in [1.29, 1.82) is 0 Å². The van der Waals surface area contributed by atoms with Gasteiger partial charge in [0.25, 0.3) is 5.91 Å². The number of nitrogens with zero attached hydrogens (tertiary/aromatic N) is 1. The Morgan fingerprint density at radius 3 is 2.48 bits per heavy atom. The molecule has 4 aromatic rings. The van der Waals surface area contributed by atoms with Crippen LogP contribution in [0.2, 0.25) is 0 Å². The summed E-state index contributed by atoms with van der Waals surface area (Å²) in [6, 6.07) is 23.1. The molecule has 0 atom stereocenters. The summed E-state index contributed by atoms with van der Waals surface area (Å²) in [5, 5.41) is 3.85. The number of aromatic nitrogens is 1. The third kappa shape index (κ3) is 3.83. The van der Waals surface area contributed by atoms with Gasteiger partial charge in [-0.3, -0.25) is 4.79 Å². The highest BCUT2D eigenvalue weighted by molar-refractivity contribution is 6.13. The minimum Gasteiger partial charge on any atom is -0.497 e. The van der Waals surface area contributed by atoms with Gasteiger partial charge in [0, 0.05) is 16.6 Å². The van der Waals surface area contributed by atoms with E-state index in [1.54, 1.807) is 7.11 Å². The number of nitrogens with one attached hydrogen (secondary N) is 1. The number of hydrogen-bond donors (Lipinski definition) is 1. The van der Waals surface area contributed by atoms with Crippen molar-refractivity contribution in [1.82, 2.24) is 4.98 Å². The Morgan fingerprint density at radius 1 is 0.931 bits per heavy atom. The number of fused-ring (bicyclic) bond motifs is 1. The molecule has 4 nitrogen and oxygen atoms in total. The second kappa shape index (κ2) is 7.76. The lowest BCUT2D eigenvalue weighted by molar-refractivity contribution is 0.102. The van der Waals surface area contributed by atoms with Crippen molar-refractivity contribution in [3.05, 3.63) is 89.5 Å². The summed E-state index contributed by atoms with van der Waals surface area (Å²) in [5.41, 5.74) is 5.96. The van der Waals surface area contributed by atoms with Gasteiger partial charge in [0.2, 0.25) is 0 Å². The molecular weight excluding hydrogens is 360 g/mol. The van der Waals surface area contributed by atoms with Gasteiger partial charge >= 0.3 is 0 Å². The van der Waals surface area contributed by atoms with Crippen LogP contribution in [0.4, 0.5) is 5.69 Å². The van der Waals surface area contributed by atoms with Crippen LogP contribution in [0.1, 0.15) is 21.5 Å². The highest BCUT2D eigenvalue weighted by Crippen LogP contribution is 2.30. The number of methoxy groups -OCH3 is 1. The Bertz CT molecular complexity index is 1200. The second-order valence-corrected chi connectivity index (χ2v) is 7.09. The first kappa shape index (κ1) is 18.7. The average molecular weight is 382 g/mol. The zero-order chi connectivity index (χ0) is 20.4. The van der Waals surface area contributed by atoms with Gasteiger partial charge in [-0.2, -0.15) is 0 Å². The minimum atomic E-state index is -0.155. The molecule has 1 aromatic heterocycles. The van der Waals surface area contributed by atoms with Crippen molar-refractivity contribution >= 4 is 22.5 Å². The van der Waals surface area contributed by atoms with Crippen LogP contribution < -0.4 is 10.1 Å². The first-order valence-corrected chi connectivity index (χ1v) is 9.48. The number of carbonyl (C=O) groups excluding carboxylic acids is 1. The molecule has 0 aliphatic heterocycles. The SMILES string of the molecule is COc1cccc(-c2cc(C(=O)Nc3ccccc3)c3cc(C)cc(C)c3n2)c1. The summed E-state index contributed by atoms with van der Waals surface area (Å²) in [6.45, 7) is 4.05. The molecule has 4 heteroatoms. The number of aryl methyl sites for hydroxylation is 2. The summed E-state index contributed by atoms with van der Waals surface area (Å²) < 4.78 is 5.35. The number of ether oxygens (including phenoxy) is 1. The number of benzene rings is 3. The fourth-order valence-corrected chi connectivity index (χ4v) is 3.52. The summed E-state index contributed by atoms with van der Waals surface area (Å²) in [4.78, 5) is 18.1. The Balaban J connectivity index is 1.90. The van der Waals surface area contributed by atoms with Gasteiger partial charge in [-0.25, -0.2) is 4.98 Å². The van der Waals surface area contributed by atoms with E-state index in [1.807, 2.05) is 80.6 Å². The molecule has 0 saturated carbocycles. The van der Waals surface area contributed by atoms with Crippen LogP contribution in [0.3, 0.4) is 0 Å². The molecule has 0 aliphatic rings. The first-order valence-electron chi connectivity index (χ1n) is 9.48. The molecule has 0 unspecified atom stereocenters. The summed E-state index contributed by atoms with van der Waals surface area (Å²) in [7, 11) is 1.64. The number of pyridine rings is 1. The molecule has 1 heterocycles. The molecule has 29 heavy (non-hydrogen) atoms. The molecule has 0 radical (unpaired) electrons. The minimum absolute atomic E-state index is 0.155. The maximum atomic E-state index is 13.2. The lowest BCUT2D eigenvalue weighted by Gasteiger charge is -2.13. The summed E-state index contributed by atoms with van der Waals surface area (Å²) in [5.74, 6) is 0.595. The maximum Gasteiger partial charge on any atom is 0.256 e. The zero-order valence-corrected chi connectivity index (χ0v) is 16.7. The predicted molar refractivity (Wildman–Crippen MR) is 118 cm³/mol. The molecule has 0 spiro atoms. The van der Waals surface area contributed by atoms with Crippen molar-refractivity contribution in [2.45, 2.75) is 13.8 Å². The first-order chi connectivity index (χ1) is 14.0. The summed E-state index contributed by atoms with van der Waals surface area (Å²) in [6.07, 6.45) is 0. The van der Waals surface area contributed by atoms with Crippen molar-refractivity contribution < 1.29 is 9.53 Å². The maximum absolute atomic E-state index is 13.2. The van der Waals surface area contributed by atoms with Crippen LogP contribution in [0.15, 0.2) is 72.8 Å². The topological polar surface area (TPSA) is 51.2 Å². The standard InChI is InChI=1S/C25H22N2O2/c1-16-12-17(2)24-21(13-16)22(25(28)26-19-9-5-4-6-10-19)15-23(27-24)18-8-7-11-20(14-18)29-3/h4-15H,1-3H3,(H,26,28). The Hall–Kier alpha value is -3.66. The van der Waals surface area contributed by atoms with Gasteiger partial charge in [0.1, 0.15) is 5.75 Å². The van der Waals surface area contributed by atoms with Crippen molar-refractivity contribution in [2.75, 3.05) is 12.4 Å². The van der Waals surface area contributed by atoms with Gasteiger partial charge in [-0.1, -0.05) is 42.0 Å². The summed E-state index contributed by atoms with van der Waals surface area (Å²) >= 11 is 0. The predicted octanol–water partition coefficient (Wildman–Crippen LogP) is 5.78. The van der Waals surface area contributed by atoms with Crippen LogP contribution >= 0.6 is 0 Å². The van der Waals surface area contributed by atoms with Gasteiger partial charge in [-0.05, 0) is 55.8 Å². The molecule has 0 aliphatic carbocycles. The average Bonchev–Trinajstić information content (AvgIpc) is 2.74. The van der Waals surface area contributed by atoms with Gasteiger partial charge in [0.15, 0.2) is 0 Å². The van der Waals surface area contributed by atoms with E-state index in [1.165, 1.54) is 0 Å². The molecule has 3 aromatic carbocycles. The van der Waals surface area contributed by atoms with Crippen LogP contribution in [-0.4, -0.2) is 18.0 Å². The van der Waals surface area contributed by atoms with Crippen LogP contribution in [0, 0.1) is 13.8 Å². The monoisotopic (exact) mass is 382 g/mol. The quantitative estimate of drug-likeness (QED) is 0.487. The molecule has 1 N–H and O–H groups in total. The van der Waals surface area contributed by atoms with E-state index >= 15 is 0 Å². The van der Waals surface area contributed by atoms with Gasteiger partial charge < -0.3 is 10.1 Å². The lowest BCUT2D eigenvalue weighted by Crippen LogP contribution is -2.13. The fourth-order valence-electron chi connectivity index (χ4n) is 3.52. The van der Waals surface area contributed by atoms with Crippen LogP contribution in [0.25, 0.3) is 22.2 Å². The molecule has 1 amide bonds. The second-order valence-electron chi connectivity index (χ2n) is 7.09. The normalized spacial score (nSPS) is 10.7. The zero-order valence-electron chi connectivity index (χ0n) is 16.7. The van der Waals surface area contributed by atoms with Gasteiger partial charge in [0.05, 0.1) is 23.9 Å². The number of para-hydroxylation sites is 1. The van der Waals surface area contributed by atoms with E-state index in [4.69, 9.17) is 9.72 Å². The lowest BCUT2D eigenvalue weighted by atomic mass is 9.99. The highest BCUT2D eigenvalue weighted by atomic mass is 16.5. The van der Waals surface area contributed by atoms with Crippen LogP contribution in [-0.2, 0) is 0 Å². The number of amides is 1. The molecule has 4 rings (SSSR count).